The average Bonchev–Trinajstić information content (AvgIpc) is 2.38. The molecule has 0 saturated carbocycles. The van der Waals surface area contributed by atoms with Gasteiger partial charge in [-0.15, -0.1) is 0 Å². The fourth-order valence-corrected chi connectivity index (χ4v) is 1.28. The summed E-state index contributed by atoms with van der Waals surface area (Å²) in [7, 11) is 0. The monoisotopic (exact) mass is 220 g/mol. The Morgan fingerprint density at radius 1 is 1.38 bits per heavy atom. The van der Waals surface area contributed by atoms with Gasteiger partial charge in [0.05, 0.1) is 12.9 Å². The first-order valence-electron chi connectivity index (χ1n) is 6.07. The average molecular weight is 220 g/mol. The topological polar surface area (TPSA) is 9.23 Å². The minimum atomic E-state index is 0.435. The standard InChI is InChI=1S/C13H18O.C2H6/c1-4-11(2)5-6-12(3)13-7-9-14-10-8-13;1-2/h5-7,9,13H,2-4,8,10H2,1H3;1-2H3/b6-5-;. The first kappa shape index (κ1) is 14.8. The van der Waals surface area contributed by atoms with Gasteiger partial charge in [-0.25, -0.2) is 0 Å². The predicted molar refractivity (Wildman–Crippen MR) is 72.3 cm³/mol. The van der Waals surface area contributed by atoms with E-state index in [0.717, 1.165) is 30.6 Å². The predicted octanol–water partition coefficient (Wildman–Crippen LogP) is 4.64. The highest BCUT2D eigenvalue weighted by Crippen LogP contribution is 2.20. The molecule has 0 N–H and O–H groups in total. The lowest BCUT2D eigenvalue weighted by Crippen LogP contribution is -2.07. The van der Waals surface area contributed by atoms with Crippen LogP contribution in [-0.2, 0) is 4.74 Å². The lowest BCUT2D eigenvalue weighted by atomic mass is 9.95. The van der Waals surface area contributed by atoms with E-state index >= 15 is 0 Å². The van der Waals surface area contributed by atoms with Crippen LogP contribution in [0, 0.1) is 5.92 Å². The van der Waals surface area contributed by atoms with Crippen molar-refractivity contribution in [3.63, 3.8) is 0 Å². The first-order valence-corrected chi connectivity index (χ1v) is 6.07. The molecule has 0 saturated heterocycles. The van der Waals surface area contributed by atoms with Crippen molar-refractivity contribution in [2.45, 2.75) is 33.6 Å². The number of ether oxygens (including phenoxy) is 1. The molecule has 0 fully saturated rings. The van der Waals surface area contributed by atoms with E-state index in [1.165, 1.54) is 0 Å². The normalized spacial score (nSPS) is 18.6. The van der Waals surface area contributed by atoms with Gasteiger partial charge in [0.2, 0.25) is 0 Å². The van der Waals surface area contributed by atoms with Crippen molar-refractivity contribution < 1.29 is 4.74 Å². The van der Waals surface area contributed by atoms with Gasteiger partial charge in [0.25, 0.3) is 0 Å². The fourth-order valence-electron chi connectivity index (χ4n) is 1.28. The second kappa shape index (κ2) is 9.02. The highest BCUT2D eigenvalue weighted by molar-refractivity contribution is 5.28. The molecule has 1 unspecified atom stereocenters. The molecule has 1 aliphatic rings. The van der Waals surface area contributed by atoms with Crippen molar-refractivity contribution in [3.05, 3.63) is 48.8 Å². The van der Waals surface area contributed by atoms with Crippen LogP contribution in [0.5, 0.6) is 0 Å². The van der Waals surface area contributed by atoms with Gasteiger partial charge in [0, 0.05) is 5.92 Å². The van der Waals surface area contributed by atoms with Crippen molar-refractivity contribution in [1.29, 1.82) is 0 Å². The van der Waals surface area contributed by atoms with Crippen molar-refractivity contribution in [1.82, 2.24) is 0 Å². The van der Waals surface area contributed by atoms with Crippen LogP contribution >= 0.6 is 0 Å². The Morgan fingerprint density at radius 2 is 2.06 bits per heavy atom. The van der Waals surface area contributed by atoms with E-state index in [1.54, 1.807) is 6.26 Å². The van der Waals surface area contributed by atoms with Gasteiger partial charge in [0.15, 0.2) is 0 Å². The van der Waals surface area contributed by atoms with Crippen LogP contribution in [0.15, 0.2) is 48.8 Å². The highest BCUT2D eigenvalue weighted by atomic mass is 16.5. The van der Waals surface area contributed by atoms with E-state index in [4.69, 9.17) is 4.74 Å². The third-order valence-corrected chi connectivity index (χ3v) is 2.42. The number of rotatable bonds is 4. The quantitative estimate of drug-likeness (QED) is 0.627. The van der Waals surface area contributed by atoms with Gasteiger partial charge in [-0.2, -0.15) is 0 Å². The summed E-state index contributed by atoms with van der Waals surface area (Å²) in [5.41, 5.74) is 2.28. The molecule has 0 aromatic carbocycles. The zero-order valence-electron chi connectivity index (χ0n) is 10.8. The molecule has 1 nitrogen and oxygen atoms in total. The zero-order valence-corrected chi connectivity index (χ0v) is 10.8. The van der Waals surface area contributed by atoms with Crippen LogP contribution in [-0.4, -0.2) is 6.61 Å². The van der Waals surface area contributed by atoms with E-state index in [0.29, 0.717) is 5.92 Å². The smallest absolute Gasteiger partial charge is 0.0882 e. The van der Waals surface area contributed by atoms with Gasteiger partial charge < -0.3 is 4.74 Å². The van der Waals surface area contributed by atoms with Crippen LogP contribution in [0.25, 0.3) is 0 Å². The number of allylic oxidation sites excluding steroid dienone is 5. The summed E-state index contributed by atoms with van der Waals surface area (Å²) in [6.45, 7) is 14.9. The first-order chi connectivity index (χ1) is 7.74. The van der Waals surface area contributed by atoms with Gasteiger partial charge in [-0.1, -0.05) is 51.7 Å². The van der Waals surface area contributed by atoms with E-state index in [1.807, 2.05) is 19.9 Å². The Labute approximate surface area is 100 Å². The van der Waals surface area contributed by atoms with E-state index < -0.39 is 0 Å². The Balaban J connectivity index is 0.00000106. The summed E-state index contributed by atoms with van der Waals surface area (Å²) >= 11 is 0. The molecule has 1 atom stereocenters. The summed E-state index contributed by atoms with van der Waals surface area (Å²) in [4.78, 5) is 0. The number of hydrogen-bond donors (Lipinski definition) is 0. The molecule has 0 radical (unpaired) electrons. The Kier molecular flexibility index (Phi) is 8.32. The molecule has 1 rings (SSSR count). The third-order valence-electron chi connectivity index (χ3n) is 2.42. The third kappa shape index (κ3) is 5.59. The lowest BCUT2D eigenvalue weighted by Gasteiger charge is -2.17. The van der Waals surface area contributed by atoms with Gasteiger partial charge in [-0.3, -0.25) is 0 Å². The molecular weight excluding hydrogens is 196 g/mol. The van der Waals surface area contributed by atoms with Crippen LogP contribution in [0.3, 0.4) is 0 Å². The molecule has 1 heteroatoms. The summed E-state index contributed by atoms with van der Waals surface area (Å²) in [6.07, 6.45) is 9.95. The van der Waals surface area contributed by atoms with Gasteiger partial charge in [-0.05, 0) is 24.5 Å². The number of hydrogen-bond acceptors (Lipinski definition) is 1. The second-order valence-corrected chi connectivity index (χ2v) is 3.51. The van der Waals surface area contributed by atoms with E-state index in [9.17, 15) is 0 Å². The van der Waals surface area contributed by atoms with Crippen LogP contribution < -0.4 is 0 Å². The summed E-state index contributed by atoms with van der Waals surface area (Å²) < 4.78 is 5.13. The Hall–Kier alpha value is -1.24. The maximum Gasteiger partial charge on any atom is 0.0882 e. The lowest BCUT2D eigenvalue weighted by molar-refractivity contribution is 0.216. The SMILES string of the molecule is C=C(/C=C\C(=C)C1C=COCC1)CC.CC. The molecule has 0 amide bonds. The summed E-state index contributed by atoms with van der Waals surface area (Å²) in [6, 6.07) is 0. The molecule has 0 aromatic heterocycles. The molecule has 1 aliphatic heterocycles. The molecule has 1 heterocycles. The maximum absolute atomic E-state index is 5.13. The molecule has 0 aromatic rings. The highest BCUT2D eigenvalue weighted by Gasteiger charge is 2.10. The maximum atomic E-state index is 5.13. The van der Waals surface area contributed by atoms with Crippen molar-refractivity contribution in [2.75, 3.05) is 6.61 Å². The van der Waals surface area contributed by atoms with Gasteiger partial charge in [0.1, 0.15) is 0 Å². The largest absolute Gasteiger partial charge is 0.501 e. The Morgan fingerprint density at radius 3 is 2.56 bits per heavy atom. The van der Waals surface area contributed by atoms with E-state index in [2.05, 4.69) is 32.2 Å². The van der Waals surface area contributed by atoms with Crippen LogP contribution in [0.2, 0.25) is 0 Å². The van der Waals surface area contributed by atoms with E-state index in [-0.39, 0.29) is 0 Å². The molecule has 0 bridgehead atoms. The van der Waals surface area contributed by atoms with Crippen LogP contribution in [0.4, 0.5) is 0 Å². The van der Waals surface area contributed by atoms with Crippen molar-refractivity contribution in [2.24, 2.45) is 5.92 Å². The minimum Gasteiger partial charge on any atom is -0.501 e. The molecule has 0 spiro atoms. The zero-order chi connectivity index (χ0) is 12.4. The fraction of sp³-hybridized carbons (Fsp3) is 0.467. The minimum absolute atomic E-state index is 0.435. The summed E-state index contributed by atoms with van der Waals surface area (Å²) in [5.74, 6) is 0.435. The molecule has 90 valence electrons. The molecule has 16 heavy (non-hydrogen) atoms. The van der Waals surface area contributed by atoms with Crippen molar-refractivity contribution in [3.8, 4) is 0 Å². The molecular formula is C15H24O. The molecule has 0 aliphatic carbocycles. The Bertz CT molecular complexity index is 271. The van der Waals surface area contributed by atoms with Crippen molar-refractivity contribution >= 4 is 0 Å². The van der Waals surface area contributed by atoms with Gasteiger partial charge >= 0.3 is 0 Å². The second-order valence-electron chi connectivity index (χ2n) is 3.51. The van der Waals surface area contributed by atoms with Crippen LogP contribution in [0.1, 0.15) is 33.6 Å². The summed E-state index contributed by atoms with van der Waals surface area (Å²) in [5, 5.41) is 0.